The molecule has 1 unspecified atom stereocenters. The zero-order valence-corrected chi connectivity index (χ0v) is 11.6. The van der Waals surface area contributed by atoms with Crippen molar-refractivity contribution in [2.45, 2.75) is 26.3 Å². The summed E-state index contributed by atoms with van der Waals surface area (Å²) in [6.45, 7) is 4.29. The van der Waals surface area contributed by atoms with Crippen LogP contribution in [0.25, 0.3) is 0 Å². The SMILES string of the molecule is CNC(Cc1ccn(C)n1)c1cc(C)cc(C)c1. The molecule has 0 aliphatic rings. The summed E-state index contributed by atoms with van der Waals surface area (Å²) in [5.74, 6) is 0. The van der Waals surface area contributed by atoms with Crippen LogP contribution in [0.1, 0.15) is 28.4 Å². The third-order valence-corrected chi connectivity index (χ3v) is 3.18. The van der Waals surface area contributed by atoms with Gasteiger partial charge in [-0.2, -0.15) is 5.10 Å². The van der Waals surface area contributed by atoms with Gasteiger partial charge in [-0.05, 0) is 32.5 Å². The first kappa shape index (κ1) is 12.8. The summed E-state index contributed by atoms with van der Waals surface area (Å²) >= 11 is 0. The highest BCUT2D eigenvalue weighted by Crippen LogP contribution is 2.20. The van der Waals surface area contributed by atoms with Crippen molar-refractivity contribution in [3.05, 3.63) is 52.8 Å². The predicted molar refractivity (Wildman–Crippen MR) is 74.6 cm³/mol. The van der Waals surface area contributed by atoms with Crippen LogP contribution < -0.4 is 5.32 Å². The van der Waals surface area contributed by atoms with E-state index in [4.69, 9.17) is 0 Å². The van der Waals surface area contributed by atoms with Gasteiger partial charge in [0, 0.05) is 25.7 Å². The topological polar surface area (TPSA) is 29.9 Å². The summed E-state index contributed by atoms with van der Waals surface area (Å²) < 4.78 is 1.85. The Kier molecular flexibility index (Phi) is 3.82. The number of hydrogen-bond acceptors (Lipinski definition) is 2. The fourth-order valence-corrected chi connectivity index (χ4v) is 2.38. The monoisotopic (exact) mass is 243 g/mol. The van der Waals surface area contributed by atoms with Crippen LogP contribution in [0, 0.1) is 13.8 Å². The van der Waals surface area contributed by atoms with E-state index in [2.05, 4.69) is 48.5 Å². The van der Waals surface area contributed by atoms with Gasteiger partial charge in [0.1, 0.15) is 0 Å². The molecule has 1 atom stereocenters. The molecule has 1 aromatic carbocycles. The number of hydrogen-bond donors (Lipinski definition) is 1. The molecule has 0 aliphatic heterocycles. The zero-order chi connectivity index (χ0) is 13.1. The number of benzene rings is 1. The molecule has 0 bridgehead atoms. The highest BCUT2D eigenvalue weighted by Gasteiger charge is 2.12. The lowest BCUT2D eigenvalue weighted by Gasteiger charge is -2.17. The normalized spacial score (nSPS) is 12.7. The molecular formula is C15H21N3. The number of aryl methyl sites for hydroxylation is 3. The van der Waals surface area contributed by atoms with Gasteiger partial charge in [-0.3, -0.25) is 4.68 Å². The summed E-state index contributed by atoms with van der Waals surface area (Å²) in [5.41, 5.74) is 5.08. The van der Waals surface area contributed by atoms with E-state index in [1.165, 1.54) is 16.7 Å². The molecule has 0 saturated carbocycles. The first-order valence-electron chi connectivity index (χ1n) is 6.32. The van der Waals surface area contributed by atoms with Crippen molar-refractivity contribution in [1.82, 2.24) is 15.1 Å². The van der Waals surface area contributed by atoms with Crippen molar-refractivity contribution in [1.29, 1.82) is 0 Å². The van der Waals surface area contributed by atoms with Crippen molar-refractivity contribution in [3.63, 3.8) is 0 Å². The smallest absolute Gasteiger partial charge is 0.0643 e. The van der Waals surface area contributed by atoms with Crippen LogP contribution in [0.15, 0.2) is 30.5 Å². The lowest BCUT2D eigenvalue weighted by molar-refractivity contribution is 0.576. The molecule has 3 nitrogen and oxygen atoms in total. The molecule has 1 aromatic heterocycles. The molecule has 18 heavy (non-hydrogen) atoms. The maximum Gasteiger partial charge on any atom is 0.0643 e. The van der Waals surface area contributed by atoms with E-state index >= 15 is 0 Å². The summed E-state index contributed by atoms with van der Waals surface area (Å²) in [5, 5.41) is 7.83. The summed E-state index contributed by atoms with van der Waals surface area (Å²) in [4.78, 5) is 0. The average Bonchev–Trinajstić information content (AvgIpc) is 2.70. The van der Waals surface area contributed by atoms with E-state index in [9.17, 15) is 0 Å². The van der Waals surface area contributed by atoms with Gasteiger partial charge >= 0.3 is 0 Å². The minimum Gasteiger partial charge on any atom is -0.313 e. The van der Waals surface area contributed by atoms with Crippen molar-refractivity contribution >= 4 is 0 Å². The van der Waals surface area contributed by atoms with Gasteiger partial charge in [0.2, 0.25) is 0 Å². The van der Waals surface area contributed by atoms with Crippen LogP contribution in [0.5, 0.6) is 0 Å². The number of nitrogens with one attached hydrogen (secondary N) is 1. The van der Waals surface area contributed by atoms with E-state index in [1.54, 1.807) is 0 Å². The van der Waals surface area contributed by atoms with Crippen LogP contribution in [-0.2, 0) is 13.5 Å². The molecule has 1 N–H and O–H groups in total. The second-order valence-corrected chi connectivity index (χ2v) is 4.95. The number of rotatable bonds is 4. The molecule has 0 saturated heterocycles. The Balaban J connectivity index is 2.22. The molecule has 0 fully saturated rings. The molecule has 2 rings (SSSR count). The second-order valence-electron chi connectivity index (χ2n) is 4.95. The summed E-state index contributed by atoms with van der Waals surface area (Å²) in [6.07, 6.45) is 2.91. The molecule has 3 heteroatoms. The molecule has 1 heterocycles. The average molecular weight is 243 g/mol. The van der Waals surface area contributed by atoms with E-state index in [0.29, 0.717) is 6.04 Å². The fraction of sp³-hybridized carbons (Fsp3) is 0.400. The lowest BCUT2D eigenvalue weighted by atomic mass is 9.98. The fourth-order valence-electron chi connectivity index (χ4n) is 2.38. The van der Waals surface area contributed by atoms with Crippen molar-refractivity contribution in [2.75, 3.05) is 7.05 Å². The van der Waals surface area contributed by atoms with Crippen molar-refractivity contribution in [3.8, 4) is 0 Å². The first-order chi connectivity index (χ1) is 8.58. The third kappa shape index (κ3) is 2.99. The van der Waals surface area contributed by atoms with Gasteiger partial charge in [-0.1, -0.05) is 29.3 Å². The van der Waals surface area contributed by atoms with Crippen LogP contribution in [0.2, 0.25) is 0 Å². The largest absolute Gasteiger partial charge is 0.313 e. The highest BCUT2D eigenvalue weighted by atomic mass is 15.2. The molecule has 96 valence electrons. The highest BCUT2D eigenvalue weighted by molar-refractivity contribution is 5.31. The van der Waals surface area contributed by atoms with Gasteiger partial charge < -0.3 is 5.32 Å². The van der Waals surface area contributed by atoms with Gasteiger partial charge in [-0.15, -0.1) is 0 Å². The summed E-state index contributed by atoms with van der Waals surface area (Å²) in [7, 11) is 3.96. The third-order valence-electron chi connectivity index (χ3n) is 3.18. The lowest BCUT2D eigenvalue weighted by Crippen LogP contribution is -2.19. The van der Waals surface area contributed by atoms with E-state index in [0.717, 1.165) is 12.1 Å². The van der Waals surface area contributed by atoms with Crippen LogP contribution >= 0.6 is 0 Å². The van der Waals surface area contributed by atoms with Crippen LogP contribution in [-0.4, -0.2) is 16.8 Å². The van der Waals surface area contributed by atoms with Crippen LogP contribution in [0.4, 0.5) is 0 Å². The minimum atomic E-state index is 0.318. The van der Waals surface area contributed by atoms with Gasteiger partial charge in [-0.25, -0.2) is 0 Å². The summed E-state index contributed by atoms with van der Waals surface area (Å²) in [6, 6.07) is 9.09. The molecular weight excluding hydrogens is 222 g/mol. The quantitative estimate of drug-likeness (QED) is 0.894. The zero-order valence-electron chi connectivity index (χ0n) is 11.6. The second kappa shape index (κ2) is 5.36. The van der Waals surface area contributed by atoms with E-state index in [-0.39, 0.29) is 0 Å². The Bertz CT molecular complexity index is 508. The first-order valence-corrected chi connectivity index (χ1v) is 6.32. The minimum absolute atomic E-state index is 0.318. The Morgan fingerprint density at radius 2 is 1.89 bits per heavy atom. The Hall–Kier alpha value is -1.61. The molecule has 0 aliphatic carbocycles. The molecule has 0 radical (unpaired) electrons. The Labute approximate surface area is 109 Å². The van der Waals surface area contributed by atoms with Gasteiger partial charge in [0.05, 0.1) is 5.69 Å². The molecule has 0 amide bonds. The van der Waals surface area contributed by atoms with Crippen molar-refractivity contribution < 1.29 is 0 Å². The van der Waals surface area contributed by atoms with Crippen LogP contribution in [0.3, 0.4) is 0 Å². The standard InChI is InChI=1S/C15H21N3/c1-11-7-12(2)9-13(8-11)15(16-3)10-14-5-6-18(4)17-14/h5-9,15-16H,10H2,1-4H3. The maximum absolute atomic E-state index is 4.45. The molecule has 2 aromatic rings. The Morgan fingerprint density at radius 3 is 2.39 bits per heavy atom. The predicted octanol–water partition coefficient (Wildman–Crippen LogP) is 2.54. The van der Waals surface area contributed by atoms with Gasteiger partial charge in [0.15, 0.2) is 0 Å². The number of aromatic nitrogens is 2. The number of likely N-dealkylation sites (N-methyl/N-ethyl adjacent to an activating group) is 1. The Morgan fingerprint density at radius 1 is 1.22 bits per heavy atom. The number of nitrogens with zero attached hydrogens (tertiary/aromatic N) is 2. The molecule has 0 spiro atoms. The van der Waals surface area contributed by atoms with Crippen molar-refractivity contribution in [2.24, 2.45) is 7.05 Å². The maximum atomic E-state index is 4.45. The van der Waals surface area contributed by atoms with E-state index in [1.807, 2.05) is 25.0 Å². The van der Waals surface area contributed by atoms with E-state index < -0.39 is 0 Å². The van der Waals surface area contributed by atoms with Gasteiger partial charge in [0.25, 0.3) is 0 Å².